The van der Waals surface area contributed by atoms with Crippen molar-refractivity contribution >= 4 is 11.8 Å². The Morgan fingerprint density at radius 3 is 2.47 bits per heavy atom. The van der Waals surface area contributed by atoms with Gasteiger partial charge in [0, 0.05) is 25.2 Å². The van der Waals surface area contributed by atoms with Gasteiger partial charge >= 0.3 is 0 Å². The molecule has 2 nitrogen and oxygen atoms in total. The molecule has 1 aliphatic rings. The molecule has 2 atom stereocenters. The molecule has 0 spiro atoms. The molecule has 17 heavy (non-hydrogen) atoms. The number of hydrogen-bond acceptors (Lipinski definition) is 3. The van der Waals surface area contributed by atoms with E-state index in [2.05, 4.69) is 44.2 Å². The van der Waals surface area contributed by atoms with Crippen LogP contribution in [0.1, 0.15) is 34.1 Å². The maximum atomic E-state index is 3.72. The van der Waals surface area contributed by atoms with Gasteiger partial charge in [0.1, 0.15) is 0 Å². The van der Waals surface area contributed by atoms with Crippen LogP contribution in [0, 0.1) is 11.8 Å². The van der Waals surface area contributed by atoms with Crippen LogP contribution >= 0.6 is 11.8 Å². The lowest BCUT2D eigenvalue weighted by atomic mass is 9.94. The Kier molecular flexibility index (Phi) is 6.90. The summed E-state index contributed by atoms with van der Waals surface area (Å²) in [7, 11) is 0. The van der Waals surface area contributed by atoms with Crippen LogP contribution in [-0.4, -0.2) is 48.6 Å². The predicted molar refractivity (Wildman–Crippen MR) is 79.8 cm³/mol. The average molecular weight is 258 g/mol. The SMILES string of the molecule is CSCCCN1CC(C(C)C)NCC1C(C)C. The number of thioether (sulfide) groups is 1. The first kappa shape index (κ1) is 15.3. The molecule has 0 bridgehead atoms. The Labute approximate surface area is 112 Å². The quantitative estimate of drug-likeness (QED) is 0.738. The highest BCUT2D eigenvalue weighted by molar-refractivity contribution is 7.98. The van der Waals surface area contributed by atoms with Crippen LogP contribution < -0.4 is 5.32 Å². The highest BCUT2D eigenvalue weighted by Gasteiger charge is 2.30. The van der Waals surface area contributed by atoms with Gasteiger partial charge in [-0.25, -0.2) is 0 Å². The first-order chi connectivity index (χ1) is 8.06. The highest BCUT2D eigenvalue weighted by atomic mass is 32.2. The van der Waals surface area contributed by atoms with Crippen molar-refractivity contribution in [1.82, 2.24) is 10.2 Å². The van der Waals surface area contributed by atoms with Crippen LogP contribution in [0.4, 0.5) is 0 Å². The van der Waals surface area contributed by atoms with Crippen LogP contribution in [0.5, 0.6) is 0 Å². The second-order valence-corrected chi connectivity index (χ2v) is 6.90. The highest BCUT2D eigenvalue weighted by Crippen LogP contribution is 2.18. The fourth-order valence-electron chi connectivity index (χ4n) is 2.63. The molecule has 1 heterocycles. The summed E-state index contributed by atoms with van der Waals surface area (Å²) in [6, 6.07) is 1.41. The van der Waals surface area contributed by atoms with Crippen LogP contribution in [0.25, 0.3) is 0 Å². The standard InChI is InChI=1S/C14H30N2S/c1-11(2)13-10-16(7-6-8-17-5)14(9-15-13)12(3)4/h11-15H,6-10H2,1-5H3. The minimum Gasteiger partial charge on any atom is -0.311 e. The minimum absolute atomic E-state index is 0.680. The zero-order valence-electron chi connectivity index (χ0n) is 12.2. The number of nitrogens with one attached hydrogen (secondary N) is 1. The van der Waals surface area contributed by atoms with Gasteiger partial charge in [0.2, 0.25) is 0 Å². The van der Waals surface area contributed by atoms with Gasteiger partial charge in [-0.3, -0.25) is 4.90 Å². The molecule has 0 aromatic rings. The van der Waals surface area contributed by atoms with Gasteiger partial charge in [-0.05, 0) is 36.8 Å². The largest absolute Gasteiger partial charge is 0.311 e. The second kappa shape index (κ2) is 7.65. The van der Waals surface area contributed by atoms with E-state index >= 15 is 0 Å². The Morgan fingerprint density at radius 1 is 1.24 bits per heavy atom. The van der Waals surface area contributed by atoms with Crippen molar-refractivity contribution in [1.29, 1.82) is 0 Å². The van der Waals surface area contributed by atoms with E-state index < -0.39 is 0 Å². The molecule has 102 valence electrons. The van der Waals surface area contributed by atoms with Gasteiger partial charge in [0.25, 0.3) is 0 Å². The van der Waals surface area contributed by atoms with Crippen molar-refractivity contribution in [3.63, 3.8) is 0 Å². The monoisotopic (exact) mass is 258 g/mol. The van der Waals surface area contributed by atoms with Crippen molar-refractivity contribution in [3.05, 3.63) is 0 Å². The molecule has 1 rings (SSSR count). The second-order valence-electron chi connectivity index (χ2n) is 5.91. The van der Waals surface area contributed by atoms with E-state index in [1.165, 1.54) is 31.8 Å². The van der Waals surface area contributed by atoms with E-state index in [4.69, 9.17) is 0 Å². The number of piperazine rings is 1. The summed E-state index contributed by atoms with van der Waals surface area (Å²) >= 11 is 1.96. The molecule has 1 aliphatic heterocycles. The summed E-state index contributed by atoms with van der Waals surface area (Å²) in [4.78, 5) is 2.72. The van der Waals surface area contributed by atoms with Crippen LogP contribution in [-0.2, 0) is 0 Å². The molecule has 0 radical (unpaired) electrons. The number of rotatable bonds is 6. The Hall–Kier alpha value is 0.270. The summed E-state index contributed by atoms with van der Waals surface area (Å²) in [6.45, 7) is 13.0. The van der Waals surface area contributed by atoms with Gasteiger partial charge in [-0.2, -0.15) is 11.8 Å². The summed E-state index contributed by atoms with van der Waals surface area (Å²) in [5.41, 5.74) is 0. The Bertz CT molecular complexity index is 206. The molecule has 2 unspecified atom stereocenters. The van der Waals surface area contributed by atoms with Crippen molar-refractivity contribution in [2.75, 3.05) is 31.6 Å². The Balaban J connectivity index is 2.50. The summed E-state index contributed by atoms with van der Waals surface area (Å²) in [5.74, 6) is 2.79. The third-order valence-corrected chi connectivity index (χ3v) is 4.55. The molecular formula is C14H30N2S. The van der Waals surface area contributed by atoms with Crippen molar-refractivity contribution in [2.24, 2.45) is 11.8 Å². The summed E-state index contributed by atoms with van der Waals surface area (Å²) in [5, 5.41) is 3.72. The van der Waals surface area contributed by atoms with E-state index in [0.29, 0.717) is 6.04 Å². The van der Waals surface area contributed by atoms with Gasteiger partial charge in [0.05, 0.1) is 0 Å². The Morgan fingerprint density at radius 2 is 1.94 bits per heavy atom. The van der Waals surface area contributed by atoms with E-state index in [9.17, 15) is 0 Å². The first-order valence-corrected chi connectivity index (χ1v) is 8.42. The smallest absolute Gasteiger partial charge is 0.0244 e. The van der Waals surface area contributed by atoms with Crippen LogP contribution in [0.15, 0.2) is 0 Å². The lowest BCUT2D eigenvalue weighted by Crippen LogP contribution is -2.59. The molecule has 1 saturated heterocycles. The molecule has 1 fully saturated rings. The average Bonchev–Trinajstić information content (AvgIpc) is 2.28. The zero-order chi connectivity index (χ0) is 12.8. The molecule has 0 aliphatic carbocycles. The first-order valence-electron chi connectivity index (χ1n) is 7.02. The van der Waals surface area contributed by atoms with Gasteiger partial charge < -0.3 is 5.32 Å². The topological polar surface area (TPSA) is 15.3 Å². The predicted octanol–water partition coefficient (Wildman–Crippen LogP) is 2.69. The fourth-order valence-corrected chi connectivity index (χ4v) is 3.04. The van der Waals surface area contributed by atoms with E-state index in [-0.39, 0.29) is 0 Å². The normalized spacial score (nSPS) is 27.0. The van der Waals surface area contributed by atoms with E-state index in [0.717, 1.165) is 17.9 Å². The molecule has 0 amide bonds. The van der Waals surface area contributed by atoms with Gasteiger partial charge in [-0.15, -0.1) is 0 Å². The number of nitrogens with zero attached hydrogens (tertiary/aromatic N) is 1. The minimum atomic E-state index is 0.680. The van der Waals surface area contributed by atoms with Crippen molar-refractivity contribution in [3.8, 4) is 0 Å². The summed E-state index contributed by atoms with van der Waals surface area (Å²) in [6.07, 6.45) is 3.53. The van der Waals surface area contributed by atoms with Crippen LogP contribution in [0.2, 0.25) is 0 Å². The lowest BCUT2D eigenvalue weighted by Gasteiger charge is -2.43. The maximum Gasteiger partial charge on any atom is 0.0244 e. The maximum absolute atomic E-state index is 3.72. The van der Waals surface area contributed by atoms with Crippen molar-refractivity contribution < 1.29 is 0 Å². The van der Waals surface area contributed by atoms with E-state index in [1.54, 1.807) is 0 Å². The third kappa shape index (κ3) is 4.80. The van der Waals surface area contributed by atoms with Crippen LogP contribution in [0.3, 0.4) is 0 Å². The molecule has 1 N–H and O–H groups in total. The molecular weight excluding hydrogens is 228 g/mol. The van der Waals surface area contributed by atoms with Crippen molar-refractivity contribution in [2.45, 2.75) is 46.2 Å². The van der Waals surface area contributed by atoms with Gasteiger partial charge in [-0.1, -0.05) is 27.7 Å². The molecule has 0 aromatic heterocycles. The molecule has 0 saturated carbocycles. The van der Waals surface area contributed by atoms with Gasteiger partial charge in [0.15, 0.2) is 0 Å². The number of hydrogen-bond donors (Lipinski definition) is 1. The summed E-state index contributed by atoms with van der Waals surface area (Å²) < 4.78 is 0. The zero-order valence-corrected chi connectivity index (χ0v) is 13.0. The van der Waals surface area contributed by atoms with E-state index in [1.807, 2.05) is 11.8 Å². The lowest BCUT2D eigenvalue weighted by molar-refractivity contribution is 0.0857. The fraction of sp³-hybridized carbons (Fsp3) is 1.00. The molecule has 0 aromatic carbocycles. The third-order valence-electron chi connectivity index (χ3n) is 3.86. The molecule has 3 heteroatoms.